The number of aryl methyl sites for hydroxylation is 1. The fourth-order valence-electron chi connectivity index (χ4n) is 3.12. The van der Waals surface area contributed by atoms with Gasteiger partial charge in [-0.25, -0.2) is 0 Å². The van der Waals surface area contributed by atoms with Crippen LogP contribution in [0.5, 0.6) is 0 Å². The molecule has 0 bridgehead atoms. The largest absolute Gasteiger partial charge is 0.348 e. The molecule has 0 amide bonds. The van der Waals surface area contributed by atoms with Crippen LogP contribution in [-0.4, -0.2) is 6.54 Å². The summed E-state index contributed by atoms with van der Waals surface area (Å²) in [5, 5.41) is 0. The highest BCUT2D eigenvalue weighted by Crippen LogP contribution is 2.33. The van der Waals surface area contributed by atoms with Crippen LogP contribution in [-0.2, 0) is 0 Å². The van der Waals surface area contributed by atoms with Gasteiger partial charge in [0, 0.05) is 33.8 Å². The van der Waals surface area contributed by atoms with Crippen molar-refractivity contribution in [2.45, 2.75) is 32.1 Å². The summed E-state index contributed by atoms with van der Waals surface area (Å²) in [6.07, 6.45) is 14.3. The van der Waals surface area contributed by atoms with Crippen molar-refractivity contribution in [3.05, 3.63) is 101 Å². The first-order valence-electron chi connectivity index (χ1n) is 9.59. The summed E-state index contributed by atoms with van der Waals surface area (Å²) in [5.74, 6) is 0. The fourth-order valence-corrected chi connectivity index (χ4v) is 4.15. The first kappa shape index (κ1) is 19.3. The van der Waals surface area contributed by atoms with Crippen molar-refractivity contribution >= 4 is 23.0 Å². The molecule has 0 aromatic heterocycles. The van der Waals surface area contributed by atoms with Crippen molar-refractivity contribution in [2.75, 3.05) is 11.4 Å². The second kappa shape index (κ2) is 9.48. The van der Waals surface area contributed by atoms with E-state index in [1.165, 1.54) is 32.2 Å². The predicted molar refractivity (Wildman–Crippen MR) is 121 cm³/mol. The Labute approximate surface area is 167 Å². The smallest absolute Gasteiger partial charge is 0.0485 e. The molecular weight excluding hydrogens is 346 g/mol. The summed E-state index contributed by atoms with van der Waals surface area (Å²) in [6.45, 7) is 7.51. The van der Waals surface area contributed by atoms with Crippen LogP contribution in [0.4, 0.5) is 5.69 Å². The number of thioether (sulfide) groups is 1. The maximum Gasteiger partial charge on any atom is 0.0485 e. The third-order valence-corrected chi connectivity index (χ3v) is 5.78. The molecule has 0 spiro atoms. The van der Waals surface area contributed by atoms with Gasteiger partial charge in [-0.15, -0.1) is 0 Å². The highest BCUT2D eigenvalue weighted by molar-refractivity contribution is 8.03. The van der Waals surface area contributed by atoms with Gasteiger partial charge in [-0.2, -0.15) is 0 Å². The number of fused-ring (bicyclic) bond motifs is 1. The lowest BCUT2D eigenvalue weighted by atomic mass is 9.99. The molecule has 3 rings (SSSR count). The first-order chi connectivity index (χ1) is 13.2. The van der Waals surface area contributed by atoms with Gasteiger partial charge in [0.1, 0.15) is 0 Å². The van der Waals surface area contributed by atoms with Crippen molar-refractivity contribution in [3.63, 3.8) is 0 Å². The molecule has 1 aliphatic heterocycles. The third-order valence-electron chi connectivity index (χ3n) is 4.56. The van der Waals surface area contributed by atoms with E-state index in [1.807, 2.05) is 11.8 Å². The molecule has 0 radical (unpaired) electrons. The zero-order valence-electron chi connectivity index (χ0n) is 16.4. The Morgan fingerprint density at radius 2 is 1.81 bits per heavy atom. The number of hydrogen-bond donors (Lipinski definition) is 0. The Kier molecular flexibility index (Phi) is 6.78. The molecule has 2 aromatic rings. The molecule has 138 valence electrons. The molecule has 0 fully saturated rings. The van der Waals surface area contributed by atoms with E-state index in [0.717, 1.165) is 13.0 Å². The van der Waals surface area contributed by atoms with Crippen molar-refractivity contribution in [3.8, 4) is 0 Å². The number of nitrogens with zero attached hydrogens (tertiary/aromatic N) is 1. The van der Waals surface area contributed by atoms with Gasteiger partial charge in [0.15, 0.2) is 0 Å². The van der Waals surface area contributed by atoms with E-state index in [9.17, 15) is 0 Å². The average molecular weight is 374 g/mol. The second-order valence-electron chi connectivity index (χ2n) is 6.48. The van der Waals surface area contributed by atoms with Crippen molar-refractivity contribution < 1.29 is 0 Å². The lowest BCUT2D eigenvalue weighted by Gasteiger charge is -2.26. The molecule has 0 unspecified atom stereocenters. The maximum atomic E-state index is 2.29. The van der Waals surface area contributed by atoms with Gasteiger partial charge in [-0.05, 0) is 55.7 Å². The van der Waals surface area contributed by atoms with Gasteiger partial charge in [0.2, 0.25) is 0 Å². The molecule has 0 saturated heterocycles. The summed E-state index contributed by atoms with van der Waals surface area (Å²) in [6, 6.07) is 17.2. The van der Waals surface area contributed by atoms with Gasteiger partial charge < -0.3 is 4.90 Å². The van der Waals surface area contributed by atoms with Crippen LogP contribution in [0.3, 0.4) is 0 Å². The first-order valence-corrected chi connectivity index (χ1v) is 10.4. The minimum atomic E-state index is 0.979. The number of benzene rings is 2. The summed E-state index contributed by atoms with van der Waals surface area (Å²) >= 11 is 1.83. The minimum Gasteiger partial charge on any atom is -0.348 e. The lowest BCUT2D eigenvalue weighted by molar-refractivity contribution is 1.01. The molecule has 1 aliphatic rings. The van der Waals surface area contributed by atoms with Crippen LogP contribution in [0.25, 0.3) is 5.57 Å². The number of rotatable bonds is 6. The quantitative estimate of drug-likeness (QED) is 0.384. The van der Waals surface area contributed by atoms with Crippen LogP contribution in [0.1, 0.15) is 31.4 Å². The van der Waals surface area contributed by atoms with E-state index in [2.05, 4.69) is 111 Å². The second-order valence-corrected chi connectivity index (χ2v) is 7.60. The monoisotopic (exact) mass is 373 g/mol. The highest BCUT2D eigenvalue weighted by atomic mass is 32.2. The Morgan fingerprint density at radius 3 is 2.59 bits per heavy atom. The van der Waals surface area contributed by atoms with Gasteiger partial charge >= 0.3 is 0 Å². The van der Waals surface area contributed by atoms with Crippen molar-refractivity contribution in [2.24, 2.45) is 0 Å². The molecule has 2 aromatic carbocycles. The van der Waals surface area contributed by atoms with E-state index < -0.39 is 0 Å². The zero-order valence-corrected chi connectivity index (χ0v) is 17.2. The number of anilines is 1. The molecule has 0 N–H and O–H groups in total. The normalized spacial score (nSPS) is 15.6. The van der Waals surface area contributed by atoms with E-state index in [0.29, 0.717) is 0 Å². The molecule has 1 nitrogen and oxygen atoms in total. The summed E-state index contributed by atoms with van der Waals surface area (Å²) < 4.78 is 0. The molecule has 0 atom stereocenters. The van der Waals surface area contributed by atoms with Crippen molar-refractivity contribution in [1.29, 1.82) is 0 Å². The molecular formula is C25H27NS. The lowest BCUT2D eigenvalue weighted by Crippen LogP contribution is -2.18. The highest BCUT2D eigenvalue weighted by Gasteiger charge is 2.13. The van der Waals surface area contributed by atoms with Crippen LogP contribution < -0.4 is 4.90 Å². The summed E-state index contributed by atoms with van der Waals surface area (Å²) in [5.41, 5.74) is 5.14. The Hall–Kier alpha value is -2.45. The SMILES string of the molecule is CC/C=C(\C=CC=C1C=CN(CC)c2ccccc21)Sc1ccccc1C. The van der Waals surface area contributed by atoms with Crippen molar-refractivity contribution in [1.82, 2.24) is 0 Å². The Balaban J connectivity index is 1.82. The van der Waals surface area contributed by atoms with Gasteiger partial charge in [-0.1, -0.05) is 73.3 Å². The standard InChI is InChI=1S/C25H27NS/c1-4-11-22(27-25-17-9-6-12-20(25)3)14-10-13-21-18-19-26(5-2)24-16-8-7-15-23(21)24/h6-19H,4-5H2,1-3H3/b14-10?,21-13?,22-11+. The van der Waals surface area contributed by atoms with E-state index in [-0.39, 0.29) is 0 Å². The number of hydrogen-bond acceptors (Lipinski definition) is 2. The molecule has 1 heterocycles. The average Bonchev–Trinajstić information content (AvgIpc) is 2.70. The molecule has 0 aliphatic carbocycles. The fraction of sp³-hybridized carbons (Fsp3) is 0.200. The summed E-state index contributed by atoms with van der Waals surface area (Å²) in [4.78, 5) is 4.88. The molecule has 2 heteroatoms. The third kappa shape index (κ3) is 4.84. The Bertz CT molecular complexity index is 902. The van der Waals surface area contributed by atoms with Gasteiger partial charge in [-0.3, -0.25) is 0 Å². The zero-order chi connectivity index (χ0) is 19.1. The van der Waals surface area contributed by atoms with Gasteiger partial charge in [0.25, 0.3) is 0 Å². The molecule has 27 heavy (non-hydrogen) atoms. The number of allylic oxidation sites excluding steroid dienone is 6. The van der Waals surface area contributed by atoms with E-state index in [1.54, 1.807) is 0 Å². The maximum absolute atomic E-state index is 2.29. The molecule has 0 saturated carbocycles. The summed E-state index contributed by atoms with van der Waals surface area (Å²) in [7, 11) is 0. The van der Waals surface area contributed by atoms with Crippen LogP contribution in [0, 0.1) is 6.92 Å². The minimum absolute atomic E-state index is 0.979. The van der Waals surface area contributed by atoms with Crippen LogP contribution in [0.2, 0.25) is 0 Å². The predicted octanol–water partition coefficient (Wildman–Crippen LogP) is 7.37. The van der Waals surface area contributed by atoms with Crippen LogP contribution >= 0.6 is 11.8 Å². The topological polar surface area (TPSA) is 3.24 Å². The van der Waals surface area contributed by atoms with Gasteiger partial charge in [0.05, 0.1) is 0 Å². The van der Waals surface area contributed by atoms with E-state index in [4.69, 9.17) is 0 Å². The van der Waals surface area contributed by atoms with Crippen LogP contribution in [0.15, 0.2) is 94.9 Å². The van der Waals surface area contributed by atoms with E-state index >= 15 is 0 Å². The Morgan fingerprint density at radius 1 is 1.04 bits per heavy atom. The number of para-hydroxylation sites is 1.